The zero-order chi connectivity index (χ0) is 12.9. The van der Waals surface area contributed by atoms with E-state index in [1.165, 1.54) is 32.9 Å². The Bertz CT molecular complexity index is 738. The minimum atomic E-state index is 0.450. The highest BCUT2D eigenvalue weighted by molar-refractivity contribution is 14.1. The summed E-state index contributed by atoms with van der Waals surface area (Å²) < 4.78 is 2.89. The summed E-state index contributed by atoms with van der Waals surface area (Å²) >= 11 is 2.49. The van der Waals surface area contributed by atoms with Crippen molar-refractivity contribution in [1.29, 1.82) is 0 Å². The molecule has 1 unspecified atom stereocenters. The van der Waals surface area contributed by atoms with E-state index in [1.807, 2.05) is 0 Å². The van der Waals surface area contributed by atoms with E-state index < -0.39 is 0 Å². The van der Waals surface area contributed by atoms with Crippen LogP contribution in [0.3, 0.4) is 0 Å². The van der Waals surface area contributed by atoms with Gasteiger partial charge in [0.1, 0.15) is 0 Å². The fraction of sp³-hybridized carbons (Fsp3) is 0.250. The van der Waals surface area contributed by atoms with E-state index in [0.29, 0.717) is 4.05 Å². The number of aromatic nitrogens is 1. The smallest absolute Gasteiger partial charge is 0.0830 e. The lowest BCUT2D eigenvalue weighted by molar-refractivity contribution is 0.833. The number of nitrogens with zero attached hydrogens (tertiary/aromatic N) is 1. The van der Waals surface area contributed by atoms with Gasteiger partial charge in [0.05, 0.1) is 15.1 Å². The first kappa shape index (κ1) is 12.0. The van der Waals surface area contributed by atoms with Gasteiger partial charge in [-0.2, -0.15) is 0 Å². The van der Waals surface area contributed by atoms with E-state index >= 15 is 0 Å². The number of benzene rings is 2. The van der Waals surface area contributed by atoms with Crippen LogP contribution in [0.2, 0.25) is 0 Å². The van der Waals surface area contributed by atoms with Crippen molar-refractivity contribution in [1.82, 2.24) is 4.57 Å². The van der Waals surface area contributed by atoms with Crippen LogP contribution in [0.4, 0.5) is 0 Å². The molecule has 0 spiro atoms. The Labute approximate surface area is 121 Å². The molecule has 0 fully saturated rings. The van der Waals surface area contributed by atoms with Gasteiger partial charge in [-0.25, -0.2) is 0 Å². The van der Waals surface area contributed by atoms with Crippen molar-refractivity contribution < 1.29 is 0 Å². The predicted octanol–water partition coefficient (Wildman–Crippen LogP) is 5.36. The Morgan fingerprint density at radius 2 is 1.83 bits per heavy atom. The molecule has 1 atom stereocenters. The van der Waals surface area contributed by atoms with Crippen LogP contribution < -0.4 is 0 Å². The number of aryl methyl sites for hydroxylation is 2. The van der Waals surface area contributed by atoms with Gasteiger partial charge in [0.2, 0.25) is 0 Å². The van der Waals surface area contributed by atoms with Crippen LogP contribution in [0.1, 0.15) is 22.1 Å². The molecule has 2 heteroatoms. The van der Waals surface area contributed by atoms with Crippen molar-refractivity contribution >= 4 is 44.4 Å². The maximum atomic E-state index is 2.49. The summed E-state index contributed by atoms with van der Waals surface area (Å²) in [4.78, 5) is 0. The molecule has 1 aromatic heterocycles. The van der Waals surface area contributed by atoms with Gasteiger partial charge in [-0.15, -0.1) is 0 Å². The maximum absolute atomic E-state index is 2.49. The molecule has 0 saturated heterocycles. The minimum Gasteiger partial charge on any atom is -0.328 e. The molecule has 3 aromatic rings. The SMILES string of the molecule is Cc1ccc2c3c(C)cccc3n(C(C)I)c2c1. The largest absolute Gasteiger partial charge is 0.328 e. The fourth-order valence-electron chi connectivity index (χ4n) is 2.77. The molecule has 18 heavy (non-hydrogen) atoms. The van der Waals surface area contributed by atoms with Crippen molar-refractivity contribution in [2.75, 3.05) is 0 Å². The number of hydrogen-bond donors (Lipinski definition) is 0. The Balaban J connectivity index is 2.61. The second-order valence-corrected chi connectivity index (χ2v) is 6.74. The van der Waals surface area contributed by atoms with Crippen LogP contribution in [0, 0.1) is 13.8 Å². The second-order valence-electron chi connectivity index (χ2n) is 4.93. The summed E-state index contributed by atoms with van der Waals surface area (Å²) in [6, 6.07) is 13.3. The van der Waals surface area contributed by atoms with Crippen LogP contribution in [-0.2, 0) is 0 Å². The standard InChI is InChI=1S/C16H16IN/c1-10-7-8-13-15(9-10)18(12(3)17)14-6-4-5-11(2)16(13)14/h4-9,12H,1-3H3. The van der Waals surface area contributed by atoms with Gasteiger partial charge in [0, 0.05) is 10.8 Å². The number of hydrogen-bond acceptors (Lipinski definition) is 0. The van der Waals surface area contributed by atoms with Crippen molar-refractivity contribution in [3.8, 4) is 0 Å². The highest BCUT2D eigenvalue weighted by Crippen LogP contribution is 2.35. The Hall–Kier alpha value is -1.03. The predicted molar refractivity (Wildman–Crippen MR) is 87.6 cm³/mol. The average molecular weight is 349 g/mol. The van der Waals surface area contributed by atoms with E-state index in [2.05, 4.69) is 84.3 Å². The zero-order valence-electron chi connectivity index (χ0n) is 10.9. The molecule has 0 aliphatic carbocycles. The Kier molecular flexibility index (Phi) is 2.85. The molecule has 0 N–H and O–H groups in total. The minimum absolute atomic E-state index is 0.450. The quantitative estimate of drug-likeness (QED) is 0.411. The summed E-state index contributed by atoms with van der Waals surface area (Å²) in [5.41, 5.74) is 5.37. The molecule has 0 aliphatic heterocycles. The zero-order valence-corrected chi connectivity index (χ0v) is 13.0. The van der Waals surface area contributed by atoms with Crippen LogP contribution in [0.15, 0.2) is 36.4 Å². The third-order valence-corrected chi connectivity index (χ3v) is 4.11. The number of alkyl halides is 1. The molecule has 0 saturated carbocycles. The van der Waals surface area contributed by atoms with Crippen molar-refractivity contribution in [2.45, 2.75) is 24.8 Å². The summed E-state index contributed by atoms with van der Waals surface area (Å²) in [5.74, 6) is 0. The Morgan fingerprint density at radius 3 is 2.56 bits per heavy atom. The van der Waals surface area contributed by atoms with Crippen molar-refractivity contribution in [3.05, 3.63) is 47.5 Å². The molecule has 92 valence electrons. The van der Waals surface area contributed by atoms with Crippen molar-refractivity contribution in [3.63, 3.8) is 0 Å². The van der Waals surface area contributed by atoms with Crippen LogP contribution in [-0.4, -0.2) is 4.57 Å². The van der Waals surface area contributed by atoms with Gasteiger partial charge in [0.25, 0.3) is 0 Å². The molecule has 2 aromatic carbocycles. The van der Waals surface area contributed by atoms with E-state index in [9.17, 15) is 0 Å². The summed E-state index contributed by atoms with van der Waals surface area (Å²) in [6.07, 6.45) is 0. The second kappa shape index (κ2) is 4.26. The highest BCUT2D eigenvalue weighted by Gasteiger charge is 2.14. The molecule has 0 bridgehead atoms. The van der Waals surface area contributed by atoms with Crippen molar-refractivity contribution in [2.24, 2.45) is 0 Å². The number of fused-ring (bicyclic) bond motifs is 3. The van der Waals surface area contributed by atoms with Gasteiger partial charge in [0.15, 0.2) is 0 Å². The fourth-order valence-corrected chi connectivity index (χ4v) is 3.37. The van der Waals surface area contributed by atoms with Gasteiger partial charge >= 0.3 is 0 Å². The molecule has 1 heterocycles. The molecular weight excluding hydrogens is 333 g/mol. The van der Waals surface area contributed by atoms with E-state index in [-0.39, 0.29) is 0 Å². The topological polar surface area (TPSA) is 4.93 Å². The lowest BCUT2D eigenvalue weighted by Gasteiger charge is -2.10. The van der Waals surface area contributed by atoms with Crippen LogP contribution >= 0.6 is 22.6 Å². The molecule has 3 rings (SSSR count). The first-order valence-corrected chi connectivity index (χ1v) is 7.48. The van der Waals surface area contributed by atoms with Gasteiger partial charge in [-0.3, -0.25) is 0 Å². The van der Waals surface area contributed by atoms with E-state index in [4.69, 9.17) is 0 Å². The van der Waals surface area contributed by atoms with Gasteiger partial charge in [-0.05, 0) is 44.0 Å². The molecular formula is C16H16IN. The first-order valence-electron chi connectivity index (χ1n) is 6.23. The Morgan fingerprint density at radius 1 is 1.06 bits per heavy atom. The summed E-state index contributed by atoms with van der Waals surface area (Å²) in [5, 5.41) is 2.77. The highest BCUT2D eigenvalue weighted by atomic mass is 127. The molecule has 0 radical (unpaired) electrons. The third-order valence-electron chi connectivity index (χ3n) is 3.55. The van der Waals surface area contributed by atoms with Gasteiger partial charge in [-0.1, -0.05) is 46.9 Å². The molecule has 0 amide bonds. The molecule has 0 aliphatic rings. The van der Waals surface area contributed by atoms with Crippen LogP contribution in [0.5, 0.6) is 0 Å². The number of rotatable bonds is 1. The monoisotopic (exact) mass is 349 g/mol. The normalized spacial score (nSPS) is 13.3. The van der Waals surface area contributed by atoms with Crippen LogP contribution in [0.25, 0.3) is 21.8 Å². The van der Waals surface area contributed by atoms with E-state index in [0.717, 1.165) is 0 Å². The summed E-state index contributed by atoms with van der Waals surface area (Å²) in [7, 11) is 0. The maximum Gasteiger partial charge on any atom is 0.0830 e. The average Bonchev–Trinajstić information content (AvgIpc) is 2.63. The molecule has 1 nitrogen and oxygen atoms in total. The van der Waals surface area contributed by atoms with E-state index in [1.54, 1.807) is 0 Å². The lowest BCUT2D eigenvalue weighted by atomic mass is 10.1. The first-order chi connectivity index (χ1) is 8.59. The third kappa shape index (κ3) is 1.66. The number of halogens is 1. The summed E-state index contributed by atoms with van der Waals surface area (Å²) in [6.45, 7) is 6.60. The van der Waals surface area contributed by atoms with Gasteiger partial charge < -0.3 is 4.57 Å². The lowest BCUT2D eigenvalue weighted by Crippen LogP contribution is -1.96.